The predicted molar refractivity (Wildman–Crippen MR) is 80.2 cm³/mol. The molecule has 0 aliphatic rings. The highest BCUT2D eigenvalue weighted by atomic mass is 31.1. The maximum Gasteiger partial charge on any atom is 0.0882 e. The Morgan fingerprint density at radius 1 is 0.722 bits per heavy atom. The second kappa shape index (κ2) is 5.22. The van der Waals surface area contributed by atoms with Crippen molar-refractivity contribution in [3.63, 3.8) is 0 Å². The Morgan fingerprint density at radius 2 is 1.11 bits per heavy atom. The zero-order valence-electron chi connectivity index (χ0n) is 11.4. The van der Waals surface area contributed by atoms with Crippen LogP contribution in [0.3, 0.4) is 0 Å². The molecule has 0 fully saturated rings. The van der Waals surface area contributed by atoms with Crippen molar-refractivity contribution in [1.82, 2.24) is 0 Å². The average molecular weight is 258 g/mol. The number of benzene rings is 2. The van der Waals surface area contributed by atoms with Gasteiger partial charge >= 0.3 is 0 Å². The Labute approximate surface area is 110 Å². The van der Waals surface area contributed by atoms with Crippen LogP contribution >= 0.6 is 8.15 Å². The lowest BCUT2D eigenvalue weighted by molar-refractivity contribution is 0.644. The first-order valence-electron chi connectivity index (χ1n) is 6.12. The van der Waals surface area contributed by atoms with Gasteiger partial charge in [0.1, 0.15) is 0 Å². The van der Waals surface area contributed by atoms with E-state index in [0.717, 1.165) is 21.7 Å². The second-order valence-corrected chi connectivity index (χ2v) is 6.48. The van der Waals surface area contributed by atoms with Crippen molar-refractivity contribution in [1.29, 1.82) is 0 Å². The molecule has 1 nitrogen and oxygen atoms in total. The highest BCUT2D eigenvalue weighted by Gasteiger charge is 2.15. The second-order valence-electron chi connectivity index (χ2n) is 4.89. The minimum atomic E-state index is -1.24. The molecule has 1 N–H and O–H groups in total. The van der Waals surface area contributed by atoms with Gasteiger partial charge in [-0.1, -0.05) is 35.4 Å². The van der Waals surface area contributed by atoms with Crippen molar-refractivity contribution in [2.75, 3.05) is 0 Å². The van der Waals surface area contributed by atoms with E-state index in [9.17, 15) is 4.89 Å². The van der Waals surface area contributed by atoms with E-state index < -0.39 is 8.15 Å². The lowest BCUT2D eigenvalue weighted by Crippen LogP contribution is -2.16. The Balaban J connectivity index is 2.50. The zero-order chi connectivity index (χ0) is 13.3. The van der Waals surface area contributed by atoms with Gasteiger partial charge in [0.2, 0.25) is 0 Å². The average Bonchev–Trinajstić information content (AvgIpc) is 2.34. The van der Waals surface area contributed by atoms with Crippen LogP contribution in [0.2, 0.25) is 0 Å². The summed E-state index contributed by atoms with van der Waals surface area (Å²) in [5.41, 5.74) is 4.72. The van der Waals surface area contributed by atoms with Gasteiger partial charge in [-0.2, -0.15) is 0 Å². The molecule has 0 aromatic heterocycles. The minimum absolute atomic E-state index is 1.07. The van der Waals surface area contributed by atoms with E-state index in [-0.39, 0.29) is 0 Å². The van der Waals surface area contributed by atoms with Crippen molar-refractivity contribution >= 4 is 18.8 Å². The van der Waals surface area contributed by atoms with E-state index in [4.69, 9.17) is 0 Å². The third-order valence-corrected chi connectivity index (χ3v) is 5.06. The molecule has 0 unspecified atom stereocenters. The van der Waals surface area contributed by atoms with Crippen LogP contribution in [0.5, 0.6) is 0 Å². The topological polar surface area (TPSA) is 20.2 Å². The van der Waals surface area contributed by atoms with E-state index in [1.165, 1.54) is 11.1 Å². The van der Waals surface area contributed by atoms with Gasteiger partial charge in [-0.25, -0.2) is 0 Å². The normalized spacial score (nSPS) is 11.0. The minimum Gasteiger partial charge on any atom is -0.364 e. The van der Waals surface area contributed by atoms with Gasteiger partial charge in [0.15, 0.2) is 0 Å². The highest BCUT2D eigenvalue weighted by molar-refractivity contribution is 7.67. The fourth-order valence-electron chi connectivity index (χ4n) is 2.02. The van der Waals surface area contributed by atoms with Crippen LogP contribution in [0.4, 0.5) is 0 Å². The van der Waals surface area contributed by atoms with Crippen LogP contribution in [0.1, 0.15) is 22.3 Å². The molecule has 0 atom stereocenters. The van der Waals surface area contributed by atoms with Crippen LogP contribution in [-0.2, 0) is 0 Å². The summed E-state index contributed by atoms with van der Waals surface area (Å²) in [5.74, 6) is 0. The van der Waals surface area contributed by atoms with E-state index in [1.807, 2.05) is 0 Å². The Kier molecular flexibility index (Phi) is 3.85. The SMILES string of the molecule is Cc1ccc(C)c(P(O)c2cc(C)ccc2C)c1. The van der Waals surface area contributed by atoms with Crippen molar-refractivity contribution in [2.24, 2.45) is 0 Å². The predicted octanol–water partition coefficient (Wildman–Crippen LogP) is 3.26. The molecule has 0 radical (unpaired) electrons. The maximum absolute atomic E-state index is 10.7. The number of hydrogen-bond acceptors (Lipinski definition) is 1. The first-order valence-corrected chi connectivity index (χ1v) is 7.42. The summed E-state index contributed by atoms with van der Waals surface area (Å²) in [7, 11) is -1.24. The third-order valence-electron chi connectivity index (χ3n) is 3.19. The molecule has 2 aromatic rings. The van der Waals surface area contributed by atoms with Gasteiger partial charge in [0.25, 0.3) is 0 Å². The molecule has 2 heteroatoms. The molecular formula is C16H19OP. The largest absolute Gasteiger partial charge is 0.364 e. The van der Waals surface area contributed by atoms with E-state index >= 15 is 0 Å². The molecule has 0 aliphatic heterocycles. The van der Waals surface area contributed by atoms with Crippen LogP contribution < -0.4 is 10.6 Å². The molecule has 18 heavy (non-hydrogen) atoms. The number of hydrogen-bond donors (Lipinski definition) is 1. The Bertz CT molecular complexity index is 524. The maximum atomic E-state index is 10.7. The fourth-order valence-corrected chi connectivity index (χ4v) is 3.75. The quantitative estimate of drug-likeness (QED) is 0.820. The summed E-state index contributed by atoms with van der Waals surface area (Å²) in [5, 5.41) is 2.14. The fraction of sp³-hybridized carbons (Fsp3) is 0.250. The van der Waals surface area contributed by atoms with Gasteiger partial charge in [-0.15, -0.1) is 0 Å². The van der Waals surface area contributed by atoms with E-state index in [0.29, 0.717) is 0 Å². The molecular weight excluding hydrogens is 239 g/mol. The van der Waals surface area contributed by atoms with Gasteiger partial charge < -0.3 is 4.89 Å². The van der Waals surface area contributed by atoms with Gasteiger partial charge in [0, 0.05) is 10.6 Å². The summed E-state index contributed by atoms with van der Waals surface area (Å²) in [4.78, 5) is 10.7. The van der Waals surface area contributed by atoms with Crippen LogP contribution in [-0.4, -0.2) is 4.89 Å². The van der Waals surface area contributed by atoms with Crippen molar-refractivity contribution in [3.8, 4) is 0 Å². The molecule has 0 saturated heterocycles. The smallest absolute Gasteiger partial charge is 0.0882 e. The Morgan fingerprint density at radius 3 is 1.50 bits per heavy atom. The summed E-state index contributed by atoms with van der Waals surface area (Å²) in [6.45, 7) is 8.25. The first-order chi connectivity index (χ1) is 8.49. The van der Waals surface area contributed by atoms with E-state index in [1.54, 1.807) is 0 Å². The van der Waals surface area contributed by atoms with Crippen molar-refractivity contribution in [2.45, 2.75) is 27.7 Å². The van der Waals surface area contributed by atoms with Gasteiger partial charge in [0.05, 0.1) is 8.15 Å². The summed E-state index contributed by atoms with van der Waals surface area (Å²) in [6, 6.07) is 12.5. The van der Waals surface area contributed by atoms with Gasteiger partial charge in [-0.3, -0.25) is 0 Å². The van der Waals surface area contributed by atoms with Crippen LogP contribution in [0.25, 0.3) is 0 Å². The molecule has 0 heterocycles. The number of aryl methyl sites for hydroxylation is 4. The molecule has 0 saturated carbocycles. The summed E-state index contributed by atoms with van der Waals surface area (Å²) in [6.07, 6.45) is 0. The highest BCUT2D eigenvalue weighted by Crippen LogP contribution is 2.31. The summed E-state index contributed by atoms with van der Waals surface area (Å²) < 4.78 is 0. The lowest BCUT2D eigenvalue weighted by Gasteiger charge is -2.17. The molecule has 2 aromatic carbocycles. The summed E-state index contributed by atoms with van der Waals surface area (Å²) >= 11 is 0. The number of rotatable bonds is 2. The first kappa shape index (κ1) is 13.3. The lowest BCUT2D eigenvalue weighted by atomic mass is 10.2. The van der Waals surface area contributed by atoms with Gasteiger partial charge in [-0.05, 0) is 51.0 Å². The van der Waals surface area contributed by atoms with Crippen molar-refractivity contribution in [3.05, 3.63) is 58.7 Å². The molecule has 0 amide bonds. The molecule has 2 rings (SSSR count). The van der Waals surface area contributed by atoms with Crippen LogP contribution in [0.15, 0.2) is 36.4 Å². The monoisotopic (exact) mass is 258 g/mol. The third kappa shape index (κ3) is 2.63. The zero-order valence-corrected chi connectivity index (χ0v) is 12.3. The Hall–Kier alpha value is -1.17. The molecule has 94 valence electrons. The molecule has 0 bridgehead atoms. The molecule has 0 aliphatic carbocycles. The van der Waals surface area contributed by atoms with Crippen LogP contribution in [0, 0.1) is 27.7 Å². The standard InChI is InChI=1S/C16H19OP/c1-11-5-7-13(3)15(9-11)18(17)16-10-12(2)6-8-14(16)4/h5-10,17H,1-4H3. The van der Waals surface area contributed by atoms with E-state index in [2.05, 4.69) is 64.1 Å². The molecule has 0 spiro atoms. The van der Waals surface area contributed by atoms with Crippen molar-refractivity contribution < 1.29 is 4.89 Å².